The minimum absolute atomic E-state index is 0.196. The second-order valence-corrected chi connectivity index (χ2v) is 5.79. The molecule has 0 saturated heterocycles. The Kier molecular flexibility index (Phi) is 5.65. The van der Waals surface area contributed by atoms with Gasteiger partial charge in [-0.2, -0.15) is 0 Å². The van der Waals surface area contributed by atoms with Crippen LogP contribution < -0.4 is 10.6 Å². The van der Waals surface area contributed by atoms with E-state index in [-0.39, 0.29) is 5.91 Å². The fourth-order valence-electron chi connectivity index (χ4n) is 2.04. The second-order valence-electron chi connectivity index (χ2n) is 5.79. The van der Waals surface area contributed by atoms with E-state index in [1.54, 1.807) is 6.07 Å². The van der Waals surface area contributed by atoms with Crippen LogP contribution in [-0.2, 0) is 0 Å². The smallest absolute Gasteiger partial charge is 0.270 e. The summed E-state index contributed by atoms with van der Waals surface area (Å²) in [5.41, 5.74) is 3.61. The number of aryl methyl sites for hydroxylation is 2. The van der Waals surface area contributed by atoms with Gasteiger partial charge in [-0.3, -0.25) is 4.79 Å². The van der Waals surface area contributed by atoms with Crippen LogP contribution in [-0.4, -0.2) is 48.0 Å². The van der Waals surface area contributed by atoms with Gasteiger partial charge in [0.15, 0.2) is 0 Å². The summed E-state index contributed by atoms with van der Waals surface area (Å²) in [6.45, 7) is 5.42. The first kappa shape index (κ1) is 16.9. The lowest BCUT2D eigenvalue weighted by atomic mass is 10.1. The molecule has 2 rings (SSSR count). The minimum Gasteiger partial charge on any atom is -0.349 e. The van der Waals surface area contributed by atoms with Crippen molar-refractivity contribution in [3.8, 4) is 0 Å². The van der Waals surface area contributed by atoms with Gasteiger partial charge in [0, 0.05) is 24.8 Å². The van der Waals surface area contributed by atoms with Crippen LogP contribution in [0.1, 0.15) is 21.6 Å². The molecule has 23 heavy (non-hydrogen) atoms. The third kappa shape index (κ3) is 5.03. The fraction of sp³-hybridized carbons (Fsp3) is 0.353. The van der Waals surface area contributed by atoms with Gasteiger partial charge in [0.05, 0.1) is 0 Å². The molecule has 0 saturated carbocycles. The molecule has 0 fully saturated rings. The number of likely N-dealkylation sites (N-methyl/N-ethyl adjacent to an activating group) is 1. The number of carbonyl (C=O) groups is 1. The average molecular weight is 313 g/mol. The summed E-state index contributed by atoms with van der Waals surface area (Å²) in [5, 5.41) is 6.09. The van der Waals surface area contributed by atoms with Crippen molar-refractivity contribution in [2.24, 2.45) is 0 Å². The molecule has 1 amide bonds. The summed E-state index contributed by atoms with van der Waals surface area (Å²) < 4.78 is 0. The van der Waals surface area contributed by atoms with Crippen molar-refractivity contribution in [3.63, 3.8) is 0 Å². The summed E-state index contributed by atoms with van der Waals surface area (Å²) in [4.78, 5) is 22.3. The molecule has 2 aromatic rings. The molecule has 6 nitrogen and oxygen atoms in total. The number of hydrogen-bond donors (Lipinski definition) is 2. The van der Waals surface area contributed by atoms with Crippen LogP contribution in [0, 0.1) is 13.8 Å². The van der Waals surface area contributed by atoms with Gasteiger partial charge in [0.1, 0.15) is 17.8 Å². The molecule has 0 aliphatic rings. The van der Waals surface area contributed by atoms with Crippen molar-refractivity contribution in [1.29, 1.82) is 0 Å². The summed E-state index contributed by atoms with van der Waals surface area (Å²) in [6, 6.07) is 7.82. The van der Waals surface area contributed by atoms with E-state index in [2.05, 4.69) is 26.7 Å². The average Bonchev–Trinajstić information content (AvgIpc) is 2.51. The summed E-state index contributed by atoms with van der Waals surface area (Å²) in [6.07, 6.45) is 1.40. The Hall–Kier alpha value is -2.47. The molecule has 1 aromatic carbocycles. The zero-order chi connectivity index (χ0) is 16.8. The first-order chi connectivity index (χ1) is 11.0. The highest BCUT2D eigenvalue weighted by Crippen LogP contribution is 2.20. The fourth-order valence-corrected chi connectivity index (χ4v) is 2.04. The van der Waals surface area contributed by atoms with Crippen molar-refractivity contribution in [3.05, 3.63) is 47.4 Å². The Bertz CT molecular complexity index is 684. The van der Waals surface area contributed by atoms with Gasteiger partial charge in [-0.05, 0) is 45.1 Å². The van der Waals surface area contributed by atoms with E-state index >= 15 is 0 Å². The Morgan fingerprint density at radius 2 is 1.96 bits per heavy atom. The number of nitrogens with zero attached hydrogens (tertiary/aromatic N) is 3. The number of hydrogen-bond acceptors (Lipinski definition) is 5. The van der Waals surface area contributed by atoms with E-state index in [9.17, 15) is 4.79 Å². The highest BCUT2D eigenvalue weighted by molar-refractivity contribution is 5.93. The number of aromatic nitrogens is 2. The Morgan fingerprint density at radius 1 is 1.17 bits per heavy atom. The lowest BCUT2D eigenvalue weighted by molar-refractivity contribution is 0.0946. The van der Waals surface area contributed by atoms with E-state index in [0.29, 0.717) is 18.1 Å². The Labute approximate surface area is 137 Å². The van der Waals surface area contributed by atoms with Crippen molar-refractivity contribution in [1.82, 2.24) is 20.2 Å². The molecule has 0 radical (unpaired) electrons. The lowest BCUT2D eigenvalue weighted by Crippen LogP contribution is -2.31. The van der Waals surface area contributed by atoms with Gasteiger partial charge in [0.2, 0.25) is 0 Å². The van der Waals surface area contributed by atoms with Gasteiger partial charge in [-0.1, -0.05) is 12.1 Å². The predicted octanol–water partition coefficient (Wildman–Crippen LogP) is 2.13. The van der Waals surface area contributed by atoms with E-state index in [0.717, 1.165) is 23.4 Å². The maximum absolute atomic E-state index is 12.1. The molecule has 2 N–H and O–H groups in total. The van der Waals surface area contributed by atoms with Crippen LogP contribution in [0.2, 0.25) is 0 Å². The summed E-state index contributed by atoms with van der Waals surface area (Å²) >= 11 is 0. The number of carbonyl (C=O) groups excluding carboxylic acids is 1. The van der Waals surface area contributed by atoms with Crippen LogP contribution in [0.3, 0.4) is 0 Å². The zero-order valence-corrected chi connectivity index (χ0v) is 14.1. The first-order valence-corrected chi connectivity index (χ1v) is 7.55. The lowest BCUT2D eigenvalue weighted by Gasteiger charge is -2.12. The number of rotatable bonds is 6. The molecular weight excluding hydrogens is 290 g/mol. The largest absolute Gasteiger partial charge is 0.349 e. The van der Waals surface area contributed by atoms with Gasteiger partial charge in [-0.25, -0.2) is 9.97 Å². The molecule has 0 spiro atoms. The third-order valence-corrected chi connectivity index (χ3v) is 3.40. The topological polar surface area (TPSA) is 70.2 Å². The van der Waals surface area contributed by atoms with Crippen LogP contribution >= 0.6 is 0 Å². The predicted molar refractivity (Wildman–Crippen MR) is 92.1 cm³/mol. The Balaban J connectivity index is 2.07. The highest BCUT2D eigenvalue weighted by Gasteiger charge is 2.09. The SMILES string of the molecule is Cc1ccc(C)c(Nc2cc(C(=O)NCCN(C)C)ncn2)c1. The maximum atomic E-state index is 12.1. The molecule has 6 heteroatoms. The number of nitrogens with one attached hydrogen (secondary N) is 2. The summed E-state index contributed by atoms with van der Waals surface area (Å²) in [5.74, 6) is 0.407. The number of benzene rings is 1. The van der Waals surface area contributed by atoms with Crippen LogP contribution in [0.5, 0.6) is 0 Å². The number of anilines is 2. The van der Waals surface area contributed by atoms with Crippen molar-refractivity contribution in [2.75, 3.05) is 32.5 Å². The Morgan fingerprint density at radius 3 is 2.70 bits per heavy atom. The molecule has 0 aliphatic carbocycles. The van der Waals surface area contributed by atoms with Gasteiger partial charge >= 0.3 is 0 Å². The van der Waals surface area contributed by atoms with Gasteiger partial charge < -0.3 is 15.5 Å². The van der Waals surface area contributed by atoms with E-state index in [1.807, 2.05) is 45.0 Å². The highest BCUT2D eigenvalue weighted by atomic mass is 16.1. The minimum atomic E-state index is -0.196. The first-order valence-electron chi connectivity index (χ1n) is 7.55. The molecule has 0 unspecified atom stereocenters. The molecular formula is C17H23N5O. The molecule has 0 bridgehead atoms. The third-order valence-electron chi connectivity index (χ3n) is 3.40. The normalized spacial score (nSPS) is 10.7. The summed E-state index contributed by atoms with van der Waals surface area (Å²) in [7, 11) is 3.92. The van der Waals surface area contributed by atoms with Crippen molar-refractivity contribution in [2.45, 2.75) is 13.8 Å². The zero-order valence-electron chi connectivity index (χ0n) is 14.1. The molecule has 0 aliphatic heterocycles. The van der Waals surface area contributed by atoms with E-state index in [1.165, 1.54) is 6.33 Å². The molecule has 1 aromatic heterocycles. The maximum Gasteiger partial charge on any atom is 0.270 e. The quantitative estimate of drug-likeness (QED) is 0.855. The van der Waals surface area contributed by atoms with E-state index < -0.39 is 0 Å². The van der Waals surface area contributed by atoms with Gasteiger partial charge in [-0.15, -0.1) is 0 Å². The second kappa shape index (κ2) is 7.69. The van der Waals surface area contributed by atoms with Crippen LogP contribution in [0.15, 0.2) is 30.6 Å². The van der Waals surface area contributed by atoms with Gasteiger partial charge in [0.25, 0.3) is 5.91 Å². The van der Waals surface area contributed by atoms with Crippen molar-refractivity contribution < 1.29 is 4.79 Å². The number of amides is 1. The van der Waals surface area contributed by atoms with Crippen LogP contribution in [0.4, 0.5) is 11.5 Å². The van der Waals surface area contributed by atoms with E-state index in [4.69, 9.17) is 0 Å². The standard InChI is InChI=1S/C17H23N5O/c1-12-5-6-13(2)14(9-12)21-16-10-15(19-11-20-16)17(23)18-7-8-22(3)4/h5-6,9-11H,7-8H2,1-4H3,(H,18,23)(H,19,20,21). The molecule has 0 atom stereocenters. The van der Waals surface area contributed by atoms with Crippen molar-refractivity contribution >= 4 is 17.4 Å². The molecule has 1 heterocycles. The van der Waals surface area contributed by atoms with Crippen LogP contribution in [0.25, 0.3) is 0 Å². The molecule has 122 valence electrons. The monoisotopic (exact) mass is 313 g/mol.